The molecule has 1 aliphatic rings. The molecule has 0 aliphatic carbocycles. The van der Waals surface area contributed by atoms with Crippen LogP contribution < -0.4 is 15.0 Å². The van der Waals surface area contributed by atoms with Crippen LogP contribution in [0.5, 0.6) is 5.75 Å². The molecule has 1 atom stereocenters. The third-order valence-corrected chi connectivity index (χ3v) is 7.17. The number of Topliss-reactive ketones (excluding diaryl/α,β-unsaturated/α-hetero) is 1. The number of nitrogens with one attached hydrogen (secondary N) is 1. The van der Waals surface area contributed by atoms with E-state index in [-0.39, 0.29) is 22.3 Å². The van der Waals surface area contributed by atoms with Gasteiger partial charge in [-0.05, 0) is 55.3 Å². The fourth-order valence-electron chi connectivity index (χ4n) is 3.61. The van der Waals surface area contributed by atoms with E-state index in [1.165, 1.54) is 34.2 Å². The van der Waals surface area contributed by atoms with Gasteiger partial charge in [-0.25, -0.2) is 12.7 Å². The van der Waals surface area contributed by atoms with Crippen molar-refractivity contribution in [1.82, 2.24) is 4.31 Å². The molecule has 0 bridgehead atoms. The van der Waals surface area contributed by atoms with Crippen LogP contribution in [-0.4, -0.2) is 58.2 Å². The van der Waals surface area contributed by atoms with Crippen molar-refractivity contribution >= 4 is 33.1 Å². The van der Waals surface area contributed by atoms with Gasteiger partial charge in [0.25, 0.3) is 0 Å². The second-order valence-corrected chi connectivity index (χ2v) is 9.77. The summed E-state index contributed by atoms with van der Waals surface area (Å²) in [7, 11) is 0.582. The molecule has 2 aromatic carbocycles. The average molecular weight is 446 g/mol. The van der Waals surface area contributed by atoms with E-state index in [4.69, 9.17) is 4.74 Å². The maximum absolute atomic E-state index is 13.0. The maximum Gasteiger partial charge on any atom is 0.246 e. The minimum Gasteiger partial charge on any atom is -0.495 e. The number of carbonyl (C=O) groups is 2. The first kappa shape index (κ1) is 22.8. The van der Waals surface area contributed by atoms with Gasteiger partial charge in [0.15, 0.2) is 5.78 Å². The predicted octanol–water partition coefficient (Wildman–Crippen LogP) is 2.54. The molecule has 1 N–H and O–H groups in total. The predicted molar refractivity (Wildman–Crippen MR) is 119 cm³/mol. The highest BCUT2D eigenvalue weighted by Gasteiger charge is 2.26. The van der Waals surface area contributed by atoms with E-state index in [1.54, 1.807) is 36.1 Å². The topological polar surface area (TPSA) is 96.0 Å². The number of methoxy groups -OCH3 is 1. The van der Waals surface area contributed by atoms with E-state index >= 15 is 0 Å². The number of carbonyl (C=O) groups excluding carboxylic acids is 2. The number of benzene rings is 2. The highest BCUT2D eigenvalue weighted by atomic mass is 32.2. The second kappa shape index (κ2) is 8.68. The van der Waals surface area contributed by atoms with Crippen molar-refractivity contribution in [3.8, 4) is 5.75 Å². The largest absolute Gasteiger partial charge is 0.495 e. The average Bonchev–Trinajstić information content (AvgIpc) is 3.16. The Hall–Kier alpha value is -2.91. The summed E-state index contributed by atoms with van der Waals surface area (Å²) in [5.41, 5.74) is 2.85. The SMILES string of the molecule is COc1ccc(N[C@H](C)C(=O)c2ccc3c(c2)CCN3C(C)=O)cc1S(=O)(=O)N(C)C. The summed E-state index contributed by atoms with van der Waals surface area (Å²) in [5, 5.41) is 3.08. The molecule has 0 fully saturated rings. The third kappa shape index (κ3) is 4.42. The Kier molecular flexibility index (Phi) is 6.38. The summed E-state index contributed by atoms with van der Waals surface area (Å²) < 4.78 is 31.5. The van der Waals surface area contributed by atoms with Crippen LogP contribution >= 0.6 is 0 Å². The molecule has 0 spiro atoms. The first-order valence-corrected chi connectivity index (χ1v) is 11.3. The van der Waals surface area contributed by atoms with Crippen molar-refractivity contribution in [2.45, 2.75) is 31.2 Å². The van der Waals surface area contributed by atoms with Crippen molar-refractivity contribution in [2.75, 3.05) is 38.0 Å². The van der Waals surface area contributed by atoms with Crippen molar-refractivity contribution in [3.05, 3.63) is 47.5 Å². The first-order valence-electron chi connectivity index (χ1n) is 9.88. The fourth-order valence-corrected chi connectivity index (χ4v) is 4.69. The number of amides is 1. The monoisotopic (exact) mass is 445 g/mol. The Morgan fingerprint density at radius 3 is 2.48 bits per heavy atom. The maximum atomic E-state index is 13.0. The van der Waals surface area contributed by atoms with E-state index in [2.05, 4.69) is 5.32 Å². The van der Waals surface area contributed by atoms with Crippen LogP contribution in [0.25, 0.3) is 0 Å². The minimum atomic E-state index is -3.72. The van der Waals surface area contributed by atoms with Crippen LogP contribution in [0.15, 0.2) is 41.3 Å². The molecule has 0 saturated carbocycles. The number of sulfonamides is 1. The zero-order valence-corrected chi connectivity index (χ0v) is 19.1. The molecule has 0 radical (unpaired) electrons. The molecule has 9 heteroatoms. The molecule has 1 amide bonds. The van der Waals surface area contributed by atoms with Crippen molar-refractivity contribution in [2.24, 2.45) is 0 Å². The standard InChI is InChI=1S/C22H27N3O5S/c1-14(22(27)17-6-8-19-16(12-17)10-11-25(19)15(2)26)23-18-7-9-20(30-5)21(13-18)31(28,29)24(3)4/h6-9,12-14,23H,10-11H2,1-5H3/t14-/m1/s1. The van der Waals surface area contributed by atoms with E-state index in [0.717, 1.165) is 15.6 Å². The number of hydrogen-bond donors (Lipinski definition) is 1. The zero-order chi connectivity index (χ0) is 22.9. The molecule has 8 nitrogen and oxygen atoms in total. The van der Waals surface area contributed by atoms with Crippen LogP contribution in [0.1, 0.15) is 29.8 Å². The van der Waals surface area contributed by atoms with Gasteiger partial charge in [-0.2, -0.15) is 0 Å². The molecule has 1 aliphatic heterocycles. The Bertz CT molecular complexity index is 1130. The fraction of sp³-hybridized carbons (Fsp3) is 0.364. The summed E-state index contributed by atoms with van der Waals surface area (Å²) in [6.07, 6.45) is 0.710. The molecular weight excluding hydrogens is 418 g/mol. The number of hydrogen-bond acceptors (Lipinski definition) is 6. The van der Waals surface area contributed by atoms with E-state index in [0.29, 0.717) is 24.2 Å². The number of rotatable bonds is 7. The molecule has 0 saturated heterocycles. The molecule has 0 aromatic heterocycles. The van der Waals surface area contributed by atoms with Crippen LogP contribution in [0.2, 0.25) is 0 Å². The first-order chi connectivity index (χ1) is 14.6. The molecule has 3 rings (SSSR count). The molecule has 166 valence electrons. The molecular formula is C22H27N3O5S. The Morgan fingerprint density at radius 1 is 1.16 bits per heavy atom. The smallest absolute Gasteiger partial charge is 0.246 e. The Morgan fingerprint density at radius 2 is 1.87 bits per heavy atom. The lowest BCUT2D eigenvalue weighted by Gasteiger charge is -2.19. The lowest BCUT2D eigenvalue weighted by atomic mass is 10.0. The summed E-state index contributed by atoms with van der Waals surface area (Å²) in [4.78, 5) is 26.4. The van der Waals surface area contributed by atoms with Gasteiger partial charge in [0.1, 0.15) is 10.6 Å². The van der Waals surface area contributed by atoms with Crippen molar-refractivity contribution in [1.29, 1.82) is 0 Å². The van der Waals surface area contributed by atoms with Gasteiger partial charge >= 0.3 is 0 Å². The van der Waals surface area contributed by atoms with Crippen LogP contribution in [0.4, 0.5) is 11.4 Å². The summed E-state index contributed by atoms with van der Waals surface area (Å²) in [6.45, 7) is 3.87. The quantitative estimate of drug-likeness (QED) is 0.658. The van der Waals surface area contributed by atoms with Gasteiger partial charge < -0.3 is 15.0 Å². The summed E-state index contributed by atoms with van der Waals surface area (Å²) in [5.74, 6) is 0.0830. The Balaban J connectivity index is 1.83. The van der Waals surface area contributed by atoms with Crippen LogP contribution in [0.3, 0.4) is 0 Å². The van der Waals surface area contributed by atoms with Gasteiger partial charge in [0, 0.05) is 44.5 Å². The number of fused-ring (bicyclic) bond motifs is 1. The molecule has 1 heterocycles. The third-order valence-electron chi connectivity index (χ3n) is 5.34. The normalized spacial score (nSPS) is 14.3. The Labute approximate surface area is 182 Å². The van der Waals surface area contributed by atoms with E-state index in [9.17, 15) is 18.0 Å². The summed E-state index contributed by atoms with van der Waals surface area (Å²) in [6, 6.07) is 9.45. The van der Waals surface area contributed by atoms with E-state index < -0.39 is 16.1 Å². The van der Waals surface area contributed by atoms with Gasteiger partial charge in [-0.3, -0.25) is 9.59 Å². The number of nitrogens with zero attached hydrogens (tertiary/aromatic N) is 2. The van der Waals surface area contributed by atoms with Crippen molar-refractivity contribution < 1.29 is 22.7 Å². The van der Waals surface area contributed by atoms with Crippen molar-refractivity contribution in [3.63, 3.8) is 0 Å². The highest BCUT2D eigenvalue weighted by Crippen LogP contribution is 2.31. The number of ketones is 1. The number of anilines is 2. The lowest BCUT2D eigenvalue weighted by molar-refractivity contribution is -0.116. The van der Waals surface area contributed by atoms with Crippen LogP contribution in [0, 0.1) is 0 Å². The minimum absolute atomic E-state index is 0.0177. The number of ether oxygens (including phenoxy) is 1. The van der Waals surface area contributed by atoms with Gasteiger partial charge in [0.05, 0.1) is 13.2 Å². The van der Waals surface area contributed by atoms with E-state index in [1.807, 2.05) is 6.07 Å². The summed E-state index contributed by atoms with van der Waals surface area (Å²) >= 11 is 0. The molecule has 0 unspecified atom stereocenters. The van der Waals surface area contributed by atoms with Gasteiger partial charge in [0.2, 0.25) is 15.9 Å². The second-order valence-electron chi connectivity index (χ2n) is 7.65. The molecule has 31 heavy (non-hydrogen) atoms. The van der Waals surface area contributed by atoms with Gasteiger partial charge in [-0.1, -0.05) is 0 Å². The zero-order valence-electron chi connectivity index (χ0n) is 18.3. The van der Waals surface area contributed by atoms with Gasteiger partial charge in [-0.15, -0.1) is 0 Å². The molecule has 2 aromatic rings. The highest BCUT2D eigenvalue weighted by molar-refractivity contribution is 7.89. The van der Waals surface area contributed by atoms with Crippen LogP contribution in [-0.2, 0) is 21.2 Å². The lowest BCUT2D eigenvalue weighted by Crippen LogP contribution is -2.27.